The first-order valence-corrected chi connectivity index (χ1v) is 7.06. The zero-order chi connectivity index (χ0) is 14.1. The van der Waals surface area contributed by atoms with Crippen LogP contribution >= 0.6 is 0 Å². The van der Waals surface area contributed by atoms with Gasteiger partial charge in [0.2, 0.25) is 5.95 Å². The minimum Gasteiger partial charge on any atom is -0.481 e. The molecule has 0 unspecified atom stereocenters. The van der Waals surface area contributed by atoms with Gasteiger partial charge in [-0.05, 0) is 37.8 Å². The Kier molecular flexibility index (Phi) is 3.34. The van der Waals surface area contributed by atoms with E-state index in [1.54, 1.807) is 0 Å². The molecule has 1 aromatic heterocycles. The number of aryl methyl sites for hydroxylation is 1. The number of para-hydroxylation sites is 2. The fourth-order valence-electron chi connectivity index (χ4n) is 2.94. The van der Waals surface area contributed by atoms with Crippen LogP contribution in [0.5, 0.6) is 0 Å². The van der Waals surface area contributed by atoms with Crippen molar-refractivity contribution in [2.45, 2.75) is 31.7 Å². The van der Waals surface area contributed by atoms with Gasteiger partial charge in [0.15, 0.2) is 0 Å². The summed E-state index contributed by atoms with van der Waals surface area (Å²) in [5.74, 6) is 0.0321. The van der Waals surface area contributed by atoms with E-state index in [0.29, 0.717) is 6.04 Å². The van der Waals surface area contributed by atoms with Gasteiger partial charge in [-0.25, -0.2) is 4.98 Å². The highest BCUT2D eigenvalue weighted by Gasteiger charge is 2.26. The lowest BCUT2D eigenvalue weighted by atomic mass is 9.86. The molecule has 0 saturated heterocycles. The molecule has 1 saturated carbocycles. The summed E-state index contributed by atoms with van der Waals surface area (Å²) in [5, 5.41) is 12.5. The average molecular weight is 273 g/mol. The Bertz CT molecular complexity index is 627. The molecule has 1 heterocycles. The lowest BCUT2D eigenvalue weighted by molar-refractivity contribution is -0.142. The average Bonchev–Trinajstić information content (AvgIpc) is 2.77. The van der Waals surface area contributed by atoms with E-state index in [1.807, 2.05) is 25.2 Å². The summed E-state index contributed by atoms with van der Waals surface area (Å²) in [4.78, 5) is 15.6. The summed E-state index contributed by atoms with van der Waals surface area (Å²) in [6.45, 7) is 0. The van der Waals surface area contributed by atoms with Crippen molar-refractivity contribution < 1.29 is 9.90 Å². The standard InChI is InChI=1S/C15H19N3O2/c1-18-13-5-3-2-4-12(13)17-15(18)16-11-8-6-10(7-9-11)14(19)20/h2-5,10-11H,6-9H2,1H3,(H,16,17)(H,19,20). The normalized spacial score (nSPS) is 22.9. The van der Waals surface area contributed by atoms with Gasteiger partial charge in [-0.15, -0.1) is 0 Å². The van der Waals surface area contributed by atoms with Crippen molar-refractivity contribution in [3.05, 3.63) is 24.3 Å². The van der Waals surface area contributed by atoms with Crippen LogP contribution in [-0.2, 0) is 11.8 Å². The molecular weight excluding hydrogens is 254 g/mol. The van der Waals surface area contributed by atoms with E-state index < -0.39 is 5.97 Å². The lowest BCUT2D eigenvalue weighted by Crippen LogP contribution is -2.30. The second kappa shape index (κ2) is 5.15. The molecule has 3 rings (SSSR count). The molecule has 0 radical (unpaired) electrons. The van der Waals surface area contributed by atoms with Gasteiger partial charge in [0.1, 0.15) is 0 Å². The maximum absolute atomic E-state index is 11.0. The number of fused-ring (bicyclic) bond motifs is 1. The van der Waals surface area contributed by atoms with Gasteiger partial charge in [-0.2, -0.15) is 0 Å². The second-order valence-electron chi connectivity index (χ2n) is 5.51. The molecule has 0 amide bonds. The van der Waals surface area contributed by atoms with Gasteiger partial charge < -0.3 is 15.0 Å². The number of nitrogens with zero attached hydrogens (tertiary/aromatic N) is 2. The fraction of sp³-hybridized carbons (Fsp3) is 0.467. The largest absolute Gasteiger partial charge is 0.481 e. The third-order valence-corrected chi connectivity index (χ3v) is 4.20. The molecule has 1 aromatic carbocycles. The summed E-state index contributed by atoms with van der Waals surface area (Å²) in [5.41, 5.74) is 2.09. The Morgan fingerprint density at radius 1 is 1.30 bits per heavy atom. The SMILES string of the molecule is Cn1c(NC2CCC(C(=O)O)CC2)nc2ccccc21. The number of nitrogens with one attached hydrogen (secondary N) is 1. The highest BCUT2D eigenvalue weighted by Crippen LogP contribution is 2.27. The van der Waals surface area contributed by atoms with Crippen LogP contribution in [0.25, 0.3) is 11.0 Å². The number of benzene rings is 1. The van der Waals surface area contributed by atoms with Gasteiger partial charge in [0, 0.05) is 13.1 Å². The van der Waals surface area contributed by atoms with E-state index in [2.05, 4.69) is 20.9 Å². The Morgan fingerprint density at radius 2 is 2.00 bits per heavy atom. The minimum atomic E-state index is -0.661. The molecular formula is C15H19N3O2. The van der Waals surface area contributed by atoms with E-state index in [1.165, 1.54) is 0 Å². The first-order chi connectivity index (χ1) is 9.65. The van der Waals surface area contributed by atoms with Gasteiger partial charge in [-0.1, -0.05) is 12.1 Å². The van der Waals surface area contributed by atoms with Crippen LogP contribution in [0.15, 0.2) is 24.3 Å². The maximum atomic E-state index is 11.0. The molecule has 0 aliphatic heterocycles. The molecule has 2 aromatic rings. The van der Waals surface area contributed by atoms with E-state index in [-0.39, 0.29) is 5.92 Å². The molecule has 106 valence electrons. The first-order valence-electron chi connectivity index (χ1n) is 7.06. The van der Waals surface area contributed by atoms with Crippen molar-refractivity contribution in [2.75, 3.05) is 5.32 Å². The van der Waals surface area contributed by atoms with Crippen LogP contribution in [-0.4, -0.2) is 26.7 Å². The first kappa shape index (κ1) is 13.0. The van der Waals surface area contributed by atoms with E-state index in [4.69, 9.17) is 5.11 Å². The number of imidazole rings is 1. The van der Waals surface area contributed by atoms with Crippen LogP contribution in [0.1, 0.15) is 25.7 Å². The molecule has 1 fully saturated rings. The maximum Gasteiger partial charge on any atom is 0.306 e. The molecule has 1 aliphatic rings. The third kappa shape index (κ3) is 2.35. The molecule has 5 heteroatoms. The van der Waals surface area contributed by atoms with Crippen molar-refractivity contribution in [3.8, 4) is 0 Å². The number of rotatable bonds is 3. The number of aliphatic carboxylic acids is 1. The summed E-state index contributed by atoms with van der Waals surface area (Å²) in [6, 6.07) is 8.36. The zero-order valence-corrected chi connectivity index (χ0v) is 11.5. The van der Waals surface area contributed by atoms with Crippen LogP contribution in [0.4, 0.5) is 5.95 Å². The van der Waals surface area contributed by atoms with Crippen molar-refractivity contribution in [3.63, 3.8) is 0 Å². The quantitative estimate of drug-likeness (QED) is 0.902. The van der Waals surface area contributed by atoms with Crippen molar-refractivity contribution in [1.29, 1.82) is 0 Å². The van der Waals surface area contributed by atoms with Crippen molar-refractivity contribution >= 4 is 23.0 Å². The van der Waals surface area contributed by atoms with Crippen molar-refractivity contribution in [1.82, 2.24) is 9.55 Å². The molecule has 2 N–H and O–H groups in total. The molecule has 20 heavy (non-hydrogen) atoms. The molecule has 0 bridgehead atoms. The summed E-state index contributed by atoms with van der Waals surface area (Å²) < 4.78 is 2.05. The van der Waals surface area contributed by atoms with E-state index >= 15 is 0 Å². The lowest BCUT2D eigenvalue weighted by Gasteiger charge is -2.27. The number of carbonyl (C=O) groups is 1. The number of carboxylic acid groups (broad SMARTS) is 1. The van der Waals surface area contributed by atoms with E-state index in [9.17, 15) is 4.79 Å². The number of anilines is 1. The molecule has 0 spiro atoms. The monoisotopic (exact) mass is 273 g/mol. The predicted molar refractivity (Wildman–Crippen MR) is 77.7 cm³/mol. The number of aromatic nitrogens is 2. The summed E-state index contributed by atoms with van der Waals surface area (Å²) in [7, 11) is 2.00. The number of hydrogen-bond acceptors (Lipinski definition) is 3. The molecule has 1 aliphatic carbocycles. The van der Waals surface area contributed by atoms with Crippen molar-refractivity contribution in [2.24, 2.45) is 13.0 Å². The van der Waals surface area contributed by atoms with Crippen LogP contribution in [0.3, 0.4) is 0 Å². The van der Waals surface area contributed by atoms with Gasteiger partial charge in [0.05, 0.1) is 17.0 Å². The Morgan fingerprint density at radius 3 is 2.65 bits per heavy atom. The van der Waals surface area contributed by atoms with Crippen LogP contribution in [0, 0.1) is 5.92 Å². The second-order valence-corrected chi connectivity index (χ2v) is 5.51. The Hall–Kier alpha value is -2.04. The Balaban J connectivity index is 1.71. The highest BCUT2D eigenvalue weighted by atomic mass is 16.4. The molecule has 0 atom stereocenters. The topological polar surface area (TPSA) is 67.2 Å². The smallest absolute Gasteiger partial charge is 0.306 e. The molecule has 5 nitrogen and oxygen atoms in total. The third-order valence-electron chi connectivity index (χ3n) is 4.20. The van der Waals surface area contributed by atoms with Gasteiger partial charge in [-0.3, -0.25) is 4.79 Å². The number of carboxylic acids is 1. The summed E-state index contributed by atoms with van der Waals surface area (Å²) in [6.07, 6.45) is 3.27. The summed E-state index contributed by atoms with van der Waals surface area (Å²) >= 11 is 0. The van der Waals surface area contributed by atoms with Gasteiger partial charge >= 0.3 is 5.97 Å². The van der Waals surface area contributed by atoms with Crippen LogP contribution in [0.2, 0.25) is 0 Å². The minimum absolute atomic E-state index is 0.173. The fourth-order valence-corrected chi connectivity index (χ4v) is 2.94. The highest BCUT2D eigenvalue weighted by molar-refractivity contribution is 5.78. The van der Waals surface area contributed by atoms with E-state index in [0.717, 1.165) is 42.7 Å². The van der Waals surface area contributed by atoms with Gasteiger partial charge in [0.25, 0.3) is 0 Å². The van der Waals surface area contributed by atoms with Crippen LogP contribution < -0.4 is 5.32 Å². The predicted octanol–water partition coefficient (Wildman–Crippen LogP) is 2.63. The Labute approximate surface area is 117 Å². The number of hydrogen-bond donors (Lipinski definition) is 2. The zero-order valence-electron chi connectivity index (χ0n) is 11.5.